The van der Waals surface area contributed by atoms with Gasteiger partial charge in [0.15, 0.2) is 0 Å². The highest BCUT2D eigenvalue weighted by atomic mass is 16.5. The van der Waals surface area contributed by atoms with Crippen LogP contribution in [0.1, 0.15) is 11.1 Å². The first-order chi connectivity index (χ1) is 10.4. The Balaban J connectivity index is 1.66. The smallest absolute Gasteiger partial charge is 0.118 e. The summed E-state index contributed by atoms with van der Waals surface area (Å²) in [5.41, 5.74) is 2.46. The van der Waals surface area contributed by atoms with E-state index in [-0.39, 0.29) is 0 Å². The van der Waals surface area contributed by atoms with Gasteiger partial charge in [-0.25, -0.2) is 0 Å². The number of ether oxygens (including phenoxy) is 1. The van der Waals surface area contributed by atoms with E-state index in [0.29, 0.717) is 0 Å². The summed E-state index contributed by atoms with van der Waals surface area (Å²) in [4.78, 5) is 4.30. The van der Waals surface area contributed by atoms with Crippen molar-refractivity contribution in [2.75, 3.05) is 7.11 Å². The number of nitrogens with zero attached hydrogens (tertiary/aromatic N) is 1. The Labute approximate surface area is 124 Å². The molecule has 0 spiro atoms. The Morgan fingerprint density at radius 3 is 2.57 bits per heavy atom. The minimum Gasteiger partial charge on any atom is -0.497 e. The van der Waals surface area contributed by atoms with Gasteiger partial charge in [-0.1, -0.05) is 36.4 Å². The Kier molecular flexibility index (Phi) is 4.12. The molecule has 0 aliphatic heterocycles. The fourth-order valence-electron chi connectivity index (χ4n) is 2.40. The lowest BCUT2D eigenvalue weighted by Crippen LogP contribution is -2.13. The van der Waals surface area contributed by atoms with Gasteiger partial charge in [0.2, 0.25) is 0 Å². The van der Waals surface area contributed by atoms with E-state index in [1.807, 2.05) is 30.6 Å². The van der Waals surface area contributed by atoms with Crippen LogP contribution in [0.15, 0.2) is 60.9 Å². The minimum atomic E-state index is 0.806. The van der Waals surface area contributed by atoms with E-state index in [1.165, 1.54) is 21.9 Å². The van der Waals surface area contributed by atoms with Crippen LogP contribution in [0.3, 0.4) is 0 Å². The first-order valence-electron chi connectivity index (χ1n) is 7.02. The summed E-state index contributed by atoms with van der Waals surface area (Å²) >= 11 is 0. The molecule has 0 radical (unpaired) electrons. The predicted octanol–water partition coefficient (Wildman–Crippen LogP) is 3.53. The molecule has 106 valence electrons. The van der Waals surface area contributed by atoms with Crippen molar-refractivity contribution in [2.24, 2.45) is 0 Å². The van der Waals surface area contributed by atoms with Gasteiger partial charge in [0.05, 0.1) is 7.11 Å². The summed E-state index contributed by atoms with van der Waals surface area (Å²) in [6.45, 7) is 1.63. The van der Waals surface area contributed by atoms with Crippen molar-refractivity contribution in [3.8, 4) is 5.75 Å². The van der Waals surface area contributed by atoms with Crippen LogP contribution in [0.4, 0.5) is 0 Å². The summed E-state index contributed by atoms with van der Waals surface area (Å²) in [6, 6.07) is 16.5. The van der Waals surface area contributed by atoms with Gasteiger partial charge in [0.1, 0.15) is 5.75 Å². The number of hydrogen-bond acceptors (Lipinski definition) is 3. The van der Waals surface area contributed by atoms with Crippen LogP contribution in [-0.2, 0) is 13.1 Å². The maximum Gasteiger partial charge on any atom is 0.118 e. The molecule has 1 N–H and O–H groups in total. The van der Waals surface area contributed by atoms with Crippen molar-refractivity contribution < 1.29 is 4.74 Å². The highest BCUT2D eigenvalue weighted by Crippen LogP contribution is 2.17. The molecule has 0 amide bonds. The Hall–Kier alpha value is -2.39. The normalized spacial score (nSPS) is 10.7. The molecular formula is C18H18N2O. The van der Waals surface area contributed by atoms with E-state index >= 15 is 0 Å². The molecule has 0 unspecified atom stereocenters. The molecule has 0 atom stereocenters. The number of benzene rings is 2. The molecule has 1 heterocycles. The van der Waals surface area contributed by atoms with Crippen molar-refractivity contribution >= 4 is 10.8 Å². The quantitative estimate of drug-likeness (QED) is 0.775. The van der Waals surface area contributed by atoms with Gasteiger partial charge in [-0.2, -0.15) is 0 Å². The van der Waals surface area contributed by atoms with E-state index in [9.17, 15) is 0 Å². The maximum atomic E-state index is 5.16. The van der Waals surface area contributed by atoms with Crippen LogP contribution in [0, 0.1) is 0 Å². The lowest BCUT2D eigenvalue weighted by Gasteiger charge is -2.08. The summed E-state index contributed by atoms with van der Waals surface area (Å²) in [5.74, 6) is 0.886. The molecule has 2 aromatic carbocycles. The number of pyridine rings is 1. The number of nitrogens with one attached hydrogen (secondary N) is 1. The molecule has 0 fully saturated rings. The zero-order chi connectivity index (χ0) is 14.5. The number of methoxy groups -OCH3 is 1. The van der Waals surface area contributed by atoms with E-state index < -0.39 is 0 Å². The molecule has 0 aliphatic carbocycles. The van der Waals surface area contributed by atoms with Crippen molar-refractivity contribution in [3.05, 3.63) is 72.1 Å². The van der Waals surface area contributed by atoms with Crippen molar-refractivity contribution in [3.63, 3.8) is 0 Å². The topological polar surface area (TPSA) is 34.1 Å². The highest BCUT2D eigenvalue weighted by Gasteiger charge is 2.01. The summed E-state index contributed by atoms with van der Waals surface area (Å²) in [6.07, 6.45) is 3.84. The second kappa shape index (κ2) is 6.37. The lowest BCUT2D eigenvalue weighted by molar-refractivity contribution is 0.414. The van der Waals surface area contributed by atoms with Crippen LogP contribution in [0.2, 0.25) is 0 Å². The first kappa shape index (κ1) is 13.6. The molecule has 0 aliphatic rings. The van der Waals surface area contributed by atoms with Gasteiger partial charge in [-0.15, -0.1) is 0 Å². The molecule has 3 rings (SSSR count). The summed E-state index contributed by atoms with van der Waals surface area (Å²) in [5, 5.41) is 5.91. The lowest BCUT2D eigenvalue weighted by atomic mass is 10.1. The summed E-state index contributed by atoms with van der Waals surface area (Å²) < 4.78 is 5.16. The predicted molar refractivity (Wildman–Crippen MR) is 85.3 cm³/mol. The Morgan fingerprint density at radius 1 is 0.952 bits per heavy atom. The molecular weight excluding hydrogens is 260 g/mol. The molecule has 0 saturated carbocycles. The van der Waals surface area contributed by atoms with E-state index in [2.05, 4.69) is 40.6 Å². The van der Waals surface area contributed by atoms with Crippen LogP contribution in [0.25, 0.3) is 10.8 Å². The number of fused-ring (bicyclic) bond motifs is 1. The Bertz CT molecular complexity index is 717. The van der Waals surface area contributed by atoms with Gasteiger partial charge in [-0.05, 0) is 28.6 Å². The van der Waals surface area contributed by atoms with Crippen molar-refractivity contribution in [1.82, 2.24) is 10.3 Å². The van der Waals surface area contributed by atoms with Crippen LogP contribution >= 0.6 is 0 Å². The van der Waals surface area contributed by atoms with Crippen LogP contribution in [-0.4, -0.2) is 12.1 Å². The molecule has 1 aromatic heterocycles. The molecule has 3 heteroatoms. The fraction of sp³-hybridized carbons (Fsp3) is 0.167. The van der Waals surface area contributed by atoms with Gasteiger partial charge in [-0.3, -0.25) is 4.98 Å². The number of hydrogen-bond donors (Lipinski definition) is 1. The fourth-order valence-corrected chi connectivity index (χ4v) is 2.40. The molecule has 0 saturated heterocycles. The average molecular weight is 278 g/mol. The SMILES string of the molecule is COc1ccc(CNCc2cncc3ccccc23)cc1. The molecule has 0 bridgehead atoms. The number of rotatable bonds is 5. The molecule has 21 heavy (non-hydrogen) atoms. The van der Waals surface area contributed by atoms with E-state index in [0.717, 1.165) is 18.8 Å². The van der Waals surface area contributed by atoms with Gasteiger partial charge in [0, 0.05) is 30.9 Å². The second-order valence-electron chi connectivity index (χ2n) is 4.97. The van der Waals surface area contributed by atoms with Gasteiger partial charge >= 0.3 is 0 Å². The summed E-state index contributed by atoms with van der Waals surface area (Å²) in [7, 11) is 1.68. The first-order valence-corrected chi connectivity index (χ1v) is 7.02. The third kappa shape index (κ3) is 3.20. The molecule has 3 nitrogen and oxygen atoms in total. The largest absolute Gasteiger partial charge is 0.497 e. The van der Waals surface area contributed by atoms with Crippen molar-refractivity contribution in [1.29, 1.82) is 0 Å². The van der Waals surface area contributed by atoms with Crippen LogP contribution in [0.5, 0.6) is 5.75 Å². The zero-order valence-electron chi connectivity index (χ0n) is 12.0. The third-order valence-corrected chi connectivity index (χ3v) is 3.55. The van der Waals surface area contributed by atoms with Gasteiger partial charge in [0.25, 0.3) is 0 Å². The van der Waals surface area contributed by atoms with Crippen LogP contribution < -0.4 is 10.1 Å². The van der Waals surface area contributed by atoms with E-state index in [4.69, 9.17) is 4.74 Å². The molecule has 3 aromatic rings. The minimum absolute atomic E-state index is 0.806. The standard InChI is InChI=1S/C18H18N2O/c1-21-17-8-6-14(7-9-17)10-19-12-16-13-20-11-15-4-2-3-5-18(15)16/h2-9,11,13,19H,10,12H2,1H3. The average Bonchev–Trinajstić information content (AvgIpc) is 2.56. The monoisotopic (exact) mass is 278 g/mol. The number of aromatic nitrogens is 1. The zero-order valence-corrected chi connectivity index (χ0v) is 12.0. The van der Waals surface area contributed by atoms with Crippen molar-refractivity contribution in [2.45, 2.75) is 13.1 Å². The highest BCUT2D eigenvalue weighted by molar-refractivity contribution is 5.84. The van der Waals surface area contributed by atoms with Gasteiger partial charge < -0.3 is 10.1 Å². The van der Waals surface area contributed by atoms with E-state index in [1.54, 1.807) is 7.11 Å². The Morgan fingerprint density at radius 2 is 1.76 bits per heavy atom. The third-order valence-electron chi connectivity index (χ3n) is 3.55. The maximum absolute atomic E-state index is 5.16. The second-order valence-corrected chi connectivity index (χ2v) is 4.97.